The Labute approximate surface area is 93.2 Å². The van der Waals surface area contributed by atoms with E-state index in [1.165, 1.54) is 0 Å². The van der Waals surface area contributed by atoms with Gasteiger partial charge in [-0.05, 0) is 38.1 Å². The molecule has 1 saturated carbocycles. The lowest BCUT2D eigenvalue weighted by molar-refractivity contribution is 0.00886. The molecule has 0 aromatic heterocycles. The molecule has 3 nitrogen and oxygen atoms in total. The second-order valence-electron chi connectivity index (χ2n) is 5.17. The van der Waals surface area contributed by atoms with Crippen LogP contribution < -0.4 is 5.32 Å². The van der Waals surface area contributed by atoms with Crippen molar-refractivity contribution in [1.29, 1.82) is 0 Å². The van der Waals surface area contributed by atoms with E-state index in [1.54, 1.807) is 7.11 Å². The molecule has 1 aliphatic carbocycles. The van der Waals surface area contributed by atoms with Crippen LogP contribution in [0.2, 0.25) is 0 Å². The van der Waals surface area contributed by atoms with Crippen molar-refractivity contribution in [2.75, 3.05) is 20.3 Å². The summed E-state index contributed by atoms with van der Waals surface area (Å²) < 4.78 is 5.40. The van der Waals surface area contributed by atoms with Crippen LogP contribution in [0.25, 0.3) is 0 Å². The molecule has 0 saturated heterocycles. The standard InChI is InChI=1S/C12H25NO2/c1-10(2)8-13-12(9-14)6-4-5-11(7-12)15-3/h10-11,13-14H,4-9H2,1-3H3. The third-order valence-electron chi connectivity index (χ3n) is 3.32. The van der Waals surface area contributed by atoms with Gasteiger partial charge < -0.3 is 15.2 Å². The molecule has 1 fully saturated rings. The Hall–Kier alpha value is -0.120. The van der Waals surface area contributed by atoms with E-state index in [1.807, 2.05) is 0 Å². The van der Waals surface area contributed by atoms with Gasteiger partial charge in [-0.25, -0.2) is 0 Å². The highest BCUT2D eigenvalue weighted by Crippen LogP contribution is 2.29. The Morgan fingerprint density at radius 1 is 1.53 bits per heavy atom. The predicted molar refractivity (Wildman–Crippen MR) is 61.9 cm³/mol. The molecule has 0 aromatic carbocycles. The van der Waals surface area contributed by atoms with Gasteiger partial charge in [0.15, 0.2) is 0 Å². The van der Waals surface area contributed by atoms with Gasteiger partial charge in [0.1, 0.15) is 0 Å². The second kappa shape index (κ2) is 5.83. The van der Waals surface area contributed by atoms with Gasteiger partial charge in [0.05, 0.1) is 12.7 Å². The molecule has 0 radical (unpaired) electrons. The van der Waals surface area contributed by atoms with E-state index in [9.17, 15) is 5.11 Å². The zero-order valence-electron chi connectivity index (χ0n) is 10.3. The Morgan fingerprint density at radius 2 is 2.27 bits per heavy atom. The Morgan fingerprint density at radius 3 is 2.80 bits per heavy atom. The molecule has 2 unspecified atom stereocenters. The first-order valence-corrected chi connectivity index (χ1v) is 6.00. The van der Waals surface area contributed by atoms with Crippen molar-refractivity contribution < 1.29 is 9.84 Å². The van der Waals surface area contributed by atoms with Gasteiger partial charge in [-0.1, -0.05) is 13.8 Å². The molecule has 0 aromatic rings. The summed E-state index contributed by atoms with van der Waals surface area (Å²) in [4.78, 5) is 0. The highest BCUT2D eigenvalue weighted by atomic mass is 16.5. The molecule has 0 spiro atoms. The molecule has 0 heterocycles. The summed E-state index contributed by atoms with van der Waals surface area (Å²) in [6, 6.07) is 0. The van der Waals surface area contributed by atoms with Gasteiger partial charge in [-0.15, -0.1) is 0 Å². The molecule has 0 amide bonds. The molecule has 3 heteroatoms. The number of methoxy groups -OCH3 is 1. The van der Waals surface area contributed by atoms with Crippen molar-refractivity contribution in [3.63, 3.8) is 0 Å². The second-order valence-corrected chi connectivity index (χ2v) is 5.17. The van der Waals surface area contributed by atoms with E-state index in [2.05, 4.69) is 19.2 Å². The summed E-state index contributed by atoms with van der Waals surface area (Å²) in [5, 5.41) is 13.1. The Kier molecular flexibility index (Phi) is 5.03. The molecular formula is C12H25NO2. The molecule has 90 valence electrons. The highest BCUT2D eigenvalue weighted by Gasteiger charge is 2.35. The SMILES string of the molecule is COC1CCCC(CO)(NCC(C)C)C1. The molecule has 0 aliphatic heterocycles. The first-order chi connectivity index (χ1) is 7.12. The summed E-state index contributed by atoms with van der Waals surface area (Å²) in [7, 11) is 1.76. The molecule has 2 atom stereocenters. The highest BCUT2D eigenvalue weighted by molar-refractivity contribution is 4.93. The molecule has 15 heavy (non-hydrogen) atoms. The van der Waals surface area contributed by atoms with E-state index in [0.717, 1.165) is 32.2 Å². The minimum Gasteiger partial charge on any atom is -0.394 e. The molecule has 0 bridgehead atoms. The Bertz CT molecular complexity index is 184. The van der Waals surface area contributed by atoms with Gasteiger partial charge >= 0.3 is 0 Å². The number of rotatable bonds is 5. The van der Waals surface area contributed by atoms with Crippen LogP contribution in [0.15, 0.2) is 0 Å². The normalized spacial score (nSPS) is 32.2. The summed E-state index contributed by atoms with van der Waals surface area (Å²) in [6.07, 6.45) is 4.58. The van der Waals surface area contributed by atoms with Gasteiger partial charge in [0.25, 0.3) is 0 Å². The van der Waals surface area contributed by atoms with Crippen LogP contribution in [0.3, 0.4) is 0 Å². The maximum atomic E-state index is 9.55. The van der Waals surface area contributed by atoms with Crippen LogP contribution in [0.4, 0.5) is 0 Å². The van der Waals surface area contributed by atoms with Crippen LogP contribution in [0, 0.1) is 5.92 Å². The van der Waals surface area contributed by atoms with Gasteiger partial charge in [-0.2, -0.15) is 0 Å². The number of ether oxygens (including phenoxy) is 1. The smallest absolute Gasteiger partial charge is 0.0614 e. The van der Waals surface area contributed by atoms with E-state index >= 15 is 0 Å². The van der Waals surface area contributed by atoms with Crippen molar-refractivity contribution >= 4 is 0 Å². The lowest BCUT2D eigenvalue weighted by Gasteiger charge is -2.40. The molecular weight excluding hydrogens is 190 g/mol. The predicted octanol–water partition coefficient (Wildman–Crippen LogP) is 1.55. The largest absolute Gasteiger partial charge is 0.394 e. The van der Waals surface area contributed by atoms with Crippen LogP contribution in [-0.2, 0) is 4.74 Å². The monoisotopic (exact) mass is 215 g/mol. The fraction of sp³-hybridized carbons (Fsp3) is 1.00. The first kappa shape index (κ1) is 12.9. The lowest BCUT2D eigenvalue weighted by Crippen LogP contribution is -2.54. The van der Waals surface area contributed by atoms with E-state index in [4.69, 9.17) is 4.74 Å². The maximum absolute atomic E-state index is 9.55. The average Bonchev–Trinajstić information content (AvgIpc) is 2.26. The third-order valence-corrected chi connectivity index (χ3v) is 3.32. The minimum absolute atomic E-state index is 0.0941. The zero-order valence-corrected chi connectivity index (χ0v) is 10.3. The number of hydrogen-bond donors (Lipinski definition) is 2. The van der Waals surface area contributed by atoms with Crippen LogP contribution in [-0.4, -0.2) is 37.0 Å². The van der Waals surface area contributed by atoms with Crippen molar-refractivity contribution in [2.45, 2.75) is 51.2 Å². The third kappa shape index (κ3) is 3.74. The van der Waals surface area contributed by atoms with Crippen molar-refractivity contribution in [3.05, 3.63) is 0 Å². The number of aliphatic hydroxyl groups is 1. The number of hydrogen-bond acceptors (Lipinski definition) is 3. The first-order valence-electron chi connectivity index (χ1n) is 6.00. The van der Waals surface area contributed by atoms with E-state index in [-0.39, 0.29) is 12.1 Å². The quantitative estimate of drug-likeness (QED) is 0.731. The van der Waals surface area contributed by atoms with Crippen molar-refractivity contribution in [3.8, 4) is 0 Å². The lowest BCUT2D eigenvalue weighted by atomic mass is 9.80. The van der Waals surface area contributed by atoms with Crippen LogP contribution >= 0.6 is 0 Å². The summed E-state index contributed by atoms with van der Waals surface area (Å²) in [5.74, 6) is 0.622. The molecule has 2 N–H and O–H groups in total. The van der Waals surface area contributed by atoms with Crippen LogP contribution in [0.1, 0.15) is 39.5 Å². The minimum atomic E-state index is -0.0941. The van der Waals surface area contributed by atoms with E-state index in [0.29, 0.717) is 12.0 Å². The number of nitrogens with one attached hydrogen (secondary N) is 1. The summed E-state index contributed by atoms with van der Waals surface area (Å²) in [6.45, 7) is 5.57. The van der Waals surface area contributed by atoms with Gasteiger partial charge in [0.2, 0.25) is 0 Å². The van der Waals surface area contributed by atoms with Crippen molar-refractivity contribution in [1.82, 2.24) is 5.32 Å². The van der Waals surface area contributed by atoms with Crippen molar-refractivity contribution in [2.24, 2.45) is 5.92 Å². The maximum Gasteiger partial charge on any atom is 0.0614 e. The Balaban J connectivity index is 2.50. The molecule has 1 rings (SSSR count). The van der Waals surface area contributed by atoms with E-state index < -0.39 is 0 Å². The topological polar surface area (TPSA) is 41.5 Å². The van der Waals surface area contributed by atoms with Gasteiger partial charge in [0, 0.05) is 12.6 Å². The van der Waals surface area contributed by atoms with Crippen LogP contribution in [0.5, 0.6) is 0 Å². The summed E-state index contributed by atoms with van der Waals surface area (Å²) in [5.41, 5.74) is -0.0941. The number of aliphatic hydroxyl groups excluding tert-OH is 1. The summed E-state index contributed by atoms with van der Waals surface area (Å²) >= 11 is 0. The average molecular weight is 215 g/mol. The fourth-order valence-corrected chi connectivity index (χ4v) is 2.29. The fourth-order valence-electron chi connectivity index (χ4n) is 2.29. The zero-order chi connectivity index (χ0) is 11.3. The van der Waals surface area contributed by atoms with Gasteiger partial charge in [-0.3, -0.25) is 0 Å². The molecule has 1 aliphatic rings.